The number of anilines is 1. The molecular formula is C22H25N5OS. The lowest BCUT2D eigenvalue weighted by molar-refractivity contribution is -0.126. The molecule has 1 saturated heterocycles. The molecule has 1 N–H and O–H groups in total. The second-order valence-electron chi connectivity index (χ2n) is 7.89. The standard InChI is InChI=1S/C22H25N5OS/c28-20(23-19-11-5-8-16-7-1-2-10-18(16)19)17-9-6-14-27(15-17)22-25-24-21(29-22)26-12-3-4-13-26/h1-4,7,10,12-13,17,19H,5-6,8-9,11,14-15H2,(H,23,28)/t17-,19-/m1/s1. The first-order valence-corrected chi connectivity index (χ1v) is 11.2. The Morgan fingerprint density at radius 2 is 1.86 bits per heavy atom. The van der Waals surface area contributed by atoms with Crippen molar-refractivity contribution in [1.29, 1.82) is 0 Å². The number of fused-ring (bicyclic) bond motifs is 1. The number of rotatable bonds is 4. The highest BCUT2D eigenvalue weighted by Gasteiger charge is 2.30. The van der Waals surface area contributed by atoms with E-state index in [1.165, 1.54) is 11.1 Å². The maximum Gasteiger partial charge on any atom is 0.225 e. The van der Waals surface area contributed by atoms with Gasteiger partial charge >= 0.3 is 0 Å². The van der Waals surface area contributed by atoms with Crippen LogP contribution < -0.4 is 10.2 Å². The lowest BCUT2D eigenvalue weighted by Crippen LogP contribution is -2.44. The Hall–Kier alpha value is -2.67. The fourth-order valence-corrected chi connectivity index (χ4v) is 5.31. The molecule has 150 valence electrons. The number of nitrogens with one attached hydrogen (secondary N) is 1. The number of hydrogen-bond donors (Lipinski definition) is 1. The molecule has 7 heteroatoms. The SMILES string of the molecule is O=C(N[C@@H]1CCCc2ccccc21)[C@@H]1CCCN(c2nnc(-n3cccc3)s2)C1. The Morgan fingerprint density at radius 3 is 2.76 bits per heavy atom. The highest BCUT2D eigenvalue weighted by Crippen LogP contribution is 2.31. The second-order valence-corrected chi connectivity index (χ2v) is 8.83. The molecule has 5 rings (SSSR count). The van der Waals surface area contributed by atoms with Crippen molar-refractivity contribution < 1.29 is 4.79 Å². The smallest absolute Gasteiger partial charge is 0.225 e. The van der Waals surface area contributed by atoms with Crippen LogP contribution in [0.5, 0.6) is 0 Å². The summed E-state index contributed by atoms with van der Waals surface area (Å²) in [5.41, 5.74) is 2.67. The molecule has 3 aromatic rings. The molecule has 2 aromatic heterocycles. The van der Waals surface area contributed by atoms with E-state index < -0.39 is 0 Å². The van der Waals surface area contributed by atoms with Crippen LogP contribution in [-0.2, 0) is 11.2 Å². The van der Waals surface area contributed by atoms with Gasteiger partial charge in [-0.15, -0.1) is 10.2 Å². The molecule has 2 atom stereocenters. The van der Waals surface area contributed by atoms with Crippen LogP contribution in [0.1, 0.15) is 42.9 Å². The number of amides is 1. The van der Waals surface area contributed by atoms with Crippen LogP contribution in [-0.4, -0.2) is 33.8 Å². The summed E-state index contributed by atoms with van der Waals surface area (Å²) in [4.78, 5) is 15.3. The van der Waals surface area contributed by atoms with Gasteiger partial charge in [0.2, 0.25) is 16.2 Å². The van der Waals surface area contributed by atoms with E-state index in [9.17, 15) is 4.79 Å². The molecule has 0 saturated carbocycles. The molecule has 1 fully saturated rings. The summed E-state index contributed by atoms with van der Waals surface area (Å²) in [5, 5.41) is 13.8. The quantitative estimate of drug-likeness (QED) is 0.716. The van der Waals surface area contributed by atoms with Crippen LogP contribution in [0.2, 0.25) is 0 Å². The molecule has 6 nitrogen and oxygen atoms in total. The van der Waals surface area contributed by atoms with Crippen molar-refractivity contribution in [3.05, 3.63) is 59.9 Å². The normalized spacial score (nSPS) is 21.6. The van der Waals surface area contributed by atoms with Crippen molar-refractivity contribution in [2.75, 3.05) is 18.0 Å². The van der Waals surface area contributed by atoms with Crippen molar-refractivity contribution in [2.24, 2.45) is 5.92 Å². The van der Waals surface area contributed by atoms with E-state index in [-0.39, 0.29) is 17.9 Å². The van der Waals surface area contributed by atoms with E-state index in [0.717, 1.165) is 48.9 Å². The summed E-state index contributed by atoms with van der Waals surface area (Å²) in [5.74, 6) is 0.170. The fraction of sp³-hybridized carbons (Fsp3) is 0.409. The first-order valence-electron chi connectivity index (χ1n) is 10.4. The zero-order valence-electron chi connectivity index (χ0n) is 16.3. The number of benzene rings is 1. The molecule has 0 unspecified atom stereocenters. The third kappa shape index (κ3) is 3.79. The summed E-state index contributed by atoms with van der Waals surface area (Å²) in [6.07, 6.45) is 9.14. The summed E-state index contributed by atoms with van der Waals surface area (Å²) in [6.45, 7) is 1.64. The van der Waals surface area contributed by atoms with Crippen LogP contribution in [0, 0.1) is 5.92 Å². The number of hydrogen-bond acceptors (Lipinski definition) is 5. The Bertz CT molecular complexity index is 983. The molecular weight excluding hydrogens is 382 g/mol. The molecule has 0 bridgehead atoms. The van der Waals surface area contributed by atoms with Crippen molar-refractivity contribution in [2.45, 2.75) is 38.1 Å². The maximum atomic E-state index is 13.1. The average molecular weight is 408 g/mol. The van der Waals surface area contributed by atoms with Gasteiger partial charge in [0.05, 0.1) is 12.0 Å². The van der Waals surface area contributed by atoms with E-state index in [2.05, 4.69) is 44.7 Å². The topological polar surface area (TPSA) is 63.1 Å². The monoisotopic (exact) mass is 407 g/mol. The van der Waals surface area contributed by atoms with Crippen molar-refractivity contribution in [3.63, 3.8) is 0 Å². The van der Waals surface area contributed by atoms with Gasteiger partial charge in [-0.1, -0.05) is 35.6 Å². The predicted molar refractivity (Wildman–Crippen MR) is 114 cm³/mol. The number of carbonyl (C=O) groups is 1. The molecule has 1 aliphatic heterocycles. The van der Waals surface area contributed by atoms with E-state index in [0.29, 0.717) is 6.54 Å². The first-order chi connectivity index (χ1) is 14.3. The number of carbonyl (C=O) groups excluding carboxylic acids is 1. The molecule has 1 aliphatic carbocycles. The van der Waals surface area contributed by atoms with Gasteiger partial charge in [0.15, 0.2) is 0 Å². The summed E-state index contributed by atoms with van der Waals surface area (Å²) < 4.78 is 1.97. The van der Waals surface area contributed by atoms with Gasteiger partial charge in [-0.05, 0) is 55.4 Å². The maximum absolute atomic E-state index is 13.1. The van der Waals surface area contributed by atoms with Crippen molar-refractivity contribution in [1.82, 2.24) is 20.1 Å². The number of piperidine rings is 1. The van der Waals surface area contributed by atoms with Gasteiger partial charge in [-0.2, -0.15) is 0 Å². The molecule has 1 amide bonds. The summed E-state index contributed by atoms with van der Waals surface area (Å²) in [6, 6.07) is 12.6. The van der Waals surface area contributed by atoms with Crippen LogP contribution in [0.4, 0.5) is 5.13 Å². The van der Waals surface area contributed by atoms with Crippen molar-refractivity contribution in [3.8, 4) is 5.13 Å². The van der Waals surface area contributed by atoms with Crippen molar-refractivity contribution >= 4 is 22.4 Å². The molecule has 29 heavy (non-hydrogen) atoms. The van der Waals surface area contributed by atoms with E-state index >= 15 is 0 Å². The minimum absolute atomic E-state index is 0.00299. The molecule has 0 radical (unpaired) electrons. The third-order valence-electron chi connectivity index (χ3n) is 5.98. The predicted octanol–water partition coefficient (Wildman–Crippen LogP) is 3.74. The van der Waals surface area contributed by atoms with E-state index in [4.69, 9.17) is 0 Å². The van der Waals surface area contributed by atoms with Crippen LogP contribution >= 0.6 is 11.3 Å². The lowest BCUT2D eigenvalue weighted by atomic mass is 9.87. The van der Waals surface area contributed by atoms with E-state index in [1.54, 1.807) is 11.3 Å². The highest BCUT2D eigenvalue weighted by molar-refractivity contribution is 7.17. The fourth-order valence-electron chi connectivity index (χ4n) is 4.46. The van der Waals surface area contributed by atoms with Gasteiger partial charge < -0.3 is 10.2 Å². The van der Waals surface area contributed by atoms with E-state index in [1.807, 2.05) is 29.1 Å². The zero-order chi connectivity index (χ0) is 19.6. The number of nitrogens with zero attached hydrogens (tertiary/aromatic N) is 4. The first kappa shape index (κ1) is 18.4. The molecule has 3 heterocycles. The van der Waals surface area contributed by atoms with Gasteiger partial charge in [-0.25, -0.2) is 0 Å². The largest absolute Gasteiger partial charge is 0.349 e. The summed E-state index contributed by atoms with van der Waals surface area (Å²) >= 11 is 1.57. The molecule has 1 aromatic carbocycles. The van der Waals surface area contributed by atoms with Gasteiger partial charge in [-0.3, -0.25) is 9.36 Å². The van der Waals surface area contributed by atoms with Gasteiger partial charge in [0.25, 0.3) is 0 Å². The Morgan fingerprint density at radius 1 is 1.03 bits per heavy atom. The Kier molecular flexibility index (Phi) is 5.06. The number of aryl methyl sites for hydroxylation is 1. The summed E-state index contributed by atoms with van der Waals surface area (Å²) in [7, 11) is 0. The Labute approximate surface area is 174 Å². The van der Waals surface area contributed by atoms with Gasteiger partial charge in [0.1, 0.15) is 0 Å². The van der Waals surface area contributed by atoms with Crippen LogP contribution in [0.15, 0.2) is 48.8 Å². The third-order valence-corrected chi connectivity index (χ3v) is 6.98. The second kappa shape index (κ2) is 7.99. The van der Waals surface area contributed by atoms with Crippen LogP contribution in [0.25, 0.3) is 5.13 Å². The molecule has 2 aliphatic rings. The zero-order valence-corrected chi connectivity index (χ0v) is 17.1. The minimum Gasteiger partial charge on any atom is -0.349 e. The van der Waals surface area contributed by atoms with Gasteiger partial charge in [0, 0.05) is 25.5 Å². The minimum atomic E-state index is -0.00299. The molecule has 0 spiro atoms. The number of aromatic nitrogens is 3. The highest BCUT2D eigenvalue weighted by atomic mass is 32.1. The van der Waals surface area contributed by atoms with Crippen LogP contribution in [0.3, 0.4) is 0 Å². The lowest BCUT2D eigenvalue weighted by Gasteiger charge is -2.33. The Balaban J connectivity index is 1.26. The average Bonchev–Trinajstić information content (AvgIpc) is 3.46.